The summed E-state index contributed by atoms with van der Waals surface area (Å²) in [5.74, 6) is -0.567. The third kappa shape index (κ3) is 4.35. The quantitative estimate of drug-likeness (QED) is 0.536. The van der Waals surface area contributed by atoms with Crippen LogP contribution in [-0.4, -0.2) is 67.2 Å². The van der Waals surface area contributed by atoms with Gasteiger partial charge in [-0.25, -0.2) is 0 Å². The Morgan fingerprint density at radius 2 is 1.43 bits per heavy atom. The molecule has 2 aromatic rings. The molecule has 0 heterocycles. The fraction of sp³-hybridized carbons (Fsp3) is 0.167. The molecule has 1 radical (unpaired) electrons. The minimum atomic E-state index is -4.60. The van der Waals surface area contributed by atoms with Crippen LogP contribution in [-0.2, 0) is 20.2 Å². The molecule has 11 heteroatoms. The van der Waals surface area contributed by atoms with Crippen molar-refractivity contribution in [3.63, 3.8) is 0 Å². The third-order valence-electron chi connectivity index (χ3n) is 2.83. The van der Waals surface area contributed by atoms with Gasteiger partial charge in [-0.05, 0) is 24.4 Å². The van der Waals surface area contributed by atoms with Crippen LogP contribution in [0, 0.1) is 0 Å². The molecule has 0 saturated heterocycles. The summed E-state index contributed by atoms with van der Waals surface area (Å²) in [6.45, 7) is 1.76. The first kappa shape index (κ1) is 20.2. The Bertz CT molecular complexity index is 945. The first-order valence-electron chi connectivity index (χ1n) is 5.92. The van der Waals surface area contributed by atoms with Gasteiger partial charge in [-0.3, -0.25) is 9.11 Å². The summed E-state index contributed by atoms with van der Waals surface area (Å²) in [5.41, 5.74) is 0. The fourth-order valence-electron chi connectivity index (χ4n) is 1.97. The third-order valence-corrected chi connectivity index (χ3v) is 4.50. The second kappa shape index (κ2) is 6.93. The zero-order chi connectivity index (χ0) is 16.7. The van der Waals surface area contributed by atoms with Crippen LogP contribution in [0.5, 0.6) is 11.5 Å². The molecule has 0 aromatic heterocycles. The molecule has 0 amide bonds. The van der Waals surface area contributed by atoms with Crippen LogP contribution in [0.2, 0.25) is 0 Å². The smallest absolute Gasteiger partial charge is 0.294 e. The maximum atomic E-state index is 11.3. The number of ether oxygens (including phenoxy) is 1. The van der Waals surface area contributed by atoms with E-state index < -0.39 is 35.8 Å². The van der Waals surface area contributed by atoms with Gasteiger partial charge in [0, 0.05) is 41.7 Å². The summed E-state index contributed by atoms with van der Waals surface area (Å²) >= 11 is 0. The van der Waals surface area contributed by atoms with Gasteiger partial charge < -0.3 is 9.84 Å². The topological polar surface area (TPSA) is 138 Å². The Kier molecular flexibility index (Phi) is 6.08. The first-order chi connectivity index (χ1) is 10.0. The van der Waals surface area contributed by atoms with Crippen molar-refractivity contribution in [2.45, 2.75) is 16.7 Å². The van der Waals surface area contributed by atoms with Crippen molar-refractivity contribution >= 4 is 60.6 Å². The molecule has 0 saturated carbocycles. The van der Waals surface area contributed by atoms with Crippen molar-refractivity contribution in [1.82, 2.24) is 0 Å². The first-order valence-corrected chi connectivity index (χ1v) is 8.80. The van der Waals surface area contributed by atoms with Gasteiger partial charge in [-0.2, -0.15) is 16.8 Å². The molecule has 0 fully saturated rings. The number of benzene rings is 2. The standard InChI is InChI=1S/C12H12O8S2.Na/c1-2-20-11-6-9(22(17,18)19)4-7-3-8(21(14,15)16)5-10(13)12(7)11;/h3-6,13H,2H2,1H3,(H,14,15,16)(H,17,18,19);. The van der Waals surface area contributed by atoms with E-state index in [0.29, 0.717) is 0 Å². The molecular formula is C12H12NaO8S2. The molecule has 2 aromatic carbocycles. The van der Waals surface area contributed by atoms with E-state index in [2.05, 4.69) is 0 Å². The summed E-state index contributed by atoms with van der Waals surface area (Å²) in [5, 5.41) is 9.97. The Labute approximate surface area is 154 Å². The molecule has 8 nitrogen and oxygen atoms in total. The molecular weight excluding hydrogens is 359 g/mol. The van der Waals surface area contributed by atoms with Gasteiger partial charge in [-0.1, -0.05) is 0 Å². The summed E-state index contributed by atoms with van der Waals surface area (Å²) in [4.78, 5) is -1.15. The average Bonchev–Trinajstić information content (AvgIpc) is 2.36. The van der Waals surface area contributed by atoms with Gasteiger partial charge in [0.05, 0.1) is 21.8 Å². The van der Waals surface area contributed by atoms with Crippen LogP contribution in [0.15, 0.2) is 34.1 Å². The Balaban J connectivity index is 0.00000264. The van der Waals surface area contributed by atoms with E-state index in [9.17, 15) is 21.9 Å². The fourth-order valence-corrected chi connectivity index (χ4v) is 3.04. The number of rotatable bonds is 4. The van der Waals surface area contributed by atoms with Crippen LogP contribution in [0.1, 0.15) is 6.92 Å². The molecule has 0 unspecified atom stereocenters. The van der Waals surface area contributed by atoms with Crippen molar-refractivity contribution < 1.29 is 35.8 Å². The largest absolute Gasteiger partial charge is 0.507 e. The van der Waals surface area contributed by atoms with Gasteiger partial charge >= 0.3 is 0 Å². The van der Waals surface area contributed by atoms with Crippen molar-refractivity contribution in [2.75, 3.05) is 6.61 Å². The van der Waals surface area contributed by atoms with E-state index in [1.54, 1.807) is 6.92 Å². The van der Waals surface area contributed by atoms with Crippen LogP contribution in [0.25, 0.3) is 10.8 Å². The number of aromatic hydroxyl groups is 1. The molecule has 0 spiro atoms. The van der Waals surface area contributed by atoms with Gasteiger partial charge in [0.1, 0.15) is 11.5 Å². The molecule has 3 N–H and O–H groups in total. The van der Waals surface area contributed by atoms with Crippen LogP contribution in [0.3, 0.4) is 0 Å². The van der Waals surface area contributed by atoms with Gasteiger partial charge in [0.25, 0.3) is 20.2 Å². The van der Waals surface area contributed by atoms with E-state index in [1.807, 2.05) is 0 Å². The number of fused-ring (bicyclic) bond motifs is 1. The second-order valence-electron chi connectivity index (χ2n) is 4.35. The molecule has 0 bridgehead atoms. The number of phenolic OH excluding ortho intramolecular Hbond substituents is 1. The summed E-state index contributed by atoms with van der Waals surface area (Å²) < 4.78 is 68.2. The summed E-state index contributed by atoms with van der Waals surface area (Å²) in [6, 6.07) is 3.74. The molecule has 121 valence electrons. The normalized spacial score (nSPS) is 12.0. The van der Waals surface area contributed by atoms with Crippen molar-refractivity contribution in [3.8, 4) is 11.5 Å². The predicted molar refractivity (Wildman–Crippen MR) is 82.2 cm³/mol. The Morgan fingerprint density at radius 3 is 1.87 bits per heavy atom. The molecule has 23 heavy (non-hydrogen) atoms. The molecule has 2 rings (SSSR count). The van der Waals surface area contributed by atoms with Crippen molar-refractivity contribution in [1.29, 1.82) is 0 Å². The average molecular weight is 371 g/mol. The Hall–Kier alpha value is -0.880. The number of hydrogen-bond donors (Lipinski definition) is 3. The zero-order valence-electron chi connectivity index (χ0n) is 12.2. The van der Waals surface area contributed by atoms with Crippen LogP contribution < -0.4 is 4.74 Å². The molecule has 0 aliphatic rings. The maximum absolute atomic E-state index is 11.3. The Morgan fingerprint density at radius 1 is 0.957 bits per heavy atom. The number of hydrogen-bond acceptors (Lipinski definition) is 6. The van der Waals surface area contributed by atoms with E-state index in [-0.39, 0.29) is 52.7 Å². The minimum absolute atomic E-state index is 0. The minimum Gasteiger partial charge on any atom is -0.507 e. The van der Waals surface area contributed by atoms with E-state index in [0.717, 1.165) is 24.3 Å². The summed E-state index contributed by atoms with van der Waals surface area (Å²) in [6.07, 6.45) is 0. The zero-order valence-corrected chi connectivity index (χ0v) is 15.8. The van der Waals surface area contributed by atoms with E-state index in [4.69, 9.17) is 13.8 Å². The molecule has 0 aliphatic carbocycles. The van der Waals surface area contributed by atoms with Gasteiger partial charge in [0.15, 0.2) is 0 Å². The maximum Gasteiger partial charge on any atom is 0.294 e. The van der Waals surface area contributed by atoms with Gasteiger partial charge in [-0.15, -0.1) is 0 Å². The molecule has 0 atom stereocenters. The van der Waals surface area contributed by atoms with Crippen LogP contribution in [0.4, 0.5) is 0 Å². The van der Waals surface area contributed by atoms with Gasteiger partial charge in [0.2, 0.25) is 0 Å². The monoisotopic (exact) mass is 371 g/mol. The van der Waals surface area contributed by atoms with Crippen LogP contribution >= 0.6 is 0 Å². The van der Waals surface area contributed by atoms with E-state index >= 15 is 0 Å². The summed E-state index contributed by atoms with van der Waals surface area (Å²) in [7, 11) is -9.17. The second-order valence-corrected chi connectivity index (χ2v) is 7.19. The SMILES string of the molecule is CCOc1cc(S(=O)(=O)O)cc2cc(S(=O)(=O)O)cc(O)c12.[Na]. The van der Waals surface area contributed by atoms with Crippen molar-refractivity contribution in [3.05, 3.63) is 24.3 Å². The number of phenols is 1. The van der Waals surface area contributed by atoms with Crippen molar-refractivity contribution in [2.24, 2.45) is 0 Å². The van der Waals surface area contributed by atoms with E-state index in [1.165, 1.54) is 0 Å². The predicted octanol–water partition coefficient (Wildman–Crippen LogP) is 1.06. The molecule has 0 aliphatic heterocycles.